The molecule has 1 aliphatic rings. The zero-order valence-electron chi connectivity index (χ0n) is 21.2. The molecule has 0 saturated carbocycles. The lowest BCUT2D eigenvalue weighted by Crippen LogP contribution is -1.86. The van der Waals surface area contributed by atoms with E-state index in [9.17, 15) is 0 Å². The lowest BCUT2D eigenvalue weighted by Gasteiger charge is -2.12. The first-order valence-corrected chi connectivity index (χ1v) is 13.5. The van der Waals surface area contributed by atoms with E-state index in [1.165, 1.54) is 87.9 Å². The van der Waals surface area contributed by atoms with Gasteiger partial charge >= 0.3 is 0 Å². The number of hydrogen-bond donors (Lipinski definition) is 1. The molecule has 0 unspecified atom stereocenters. The predicted octanol–water partition coefficient (Wildman–Crippen LogP) is 10.6. The molecule has 0 fully saturated rings. The van der Waals surface area contributed by atoms with Gasteiger partial charge in [0.2, 0.25) is 0 Å². The van der Waals surface area contributed by atoms with Gasteiger partial charge in [-0.25, -0.2) is 0 Å². The van der Waals surface area contributed by atoms with Crippen molar-refractivity contribution in [2.45, 2.75) is 0 Å². The Balaban J connectivity index is 1.26. The number of H-pyrrole nitrogens is 1. The molecule has 180 valence electrons. The van der Waals surface area contributed by atoms with Crippen molar-refractivity contribution >= 4 is 43.4 Å². The van der Waals surface area contributed by atoms with E-state index in [4.69, 9.17) is 0 Å². The highest BCUT2D eigenvalue weighted by molar-refractivity contribution is 6.22. The van der Waals surface area contributed by atoms with Gasteiger partial charge in [0.15, 0.2) is 0 Å². The van der Waals surface area contributed by atoms with E-state index in [2.05, 4.69) is 138 Å². The van der Waals surface area contributed by atoms with Crippen LogP contribution in [0.25, 0.3) is 87.9 Å². The topological polar surface area (TPSA) is 15.8 Å². The average molecular weight is 494 g/mol. The molecular formula is C38H23N. The third-order valence-corrected chi connectivity index (χ3v) is 8.56. The highest BCUT2D eigenvalue weighted by Crippen LogP contribution is 2.49. The van der Waals surface area contributed by atoms with Crippen molar-refractivity contribution in [3.63, 3.8) is 0 Å². The van der Waals surface area contributed by atoms with Gasteiger partial charge in [-0.15, -0.1) is 0 Å². The van der Waals surface area contributed by atoms with Gasteiger partial charge in [-0.2, -0.15) is 0 Å². The first-order chi connectivity index (χ1) is 19.3. The summed E-state index contributed by atoms with van der Waals surface area (Å²) in [6, 6.07) is 48.9. The molecule has 9 rings (SSSR count). The van der Waals surface area contributed by atoms with Crippen molar-refractivity contribution < 1.29 is 0 Å². The van der Waals surface area contributed by atoms with Gasteiger partial charge in [0.1, 0.15) is 0 Å². The fourth-order valence-corrected chi connectivity index (χ4v) is 6.85. The van der Waals surface area contributed by atoms with Gasteiger partial charge in [-0.3, -0.25) is 0 Å². The first kappa shape index (κ1) is 20.9. The maximum atomic E-state index is 3.76. The quantitative estimate of drug-likeness (QED) is 0.246. The lowest BCUT2D eigenvalue weighted by molar-refractivity contribution is 1.54. The van der Waals surface area contributed by atoms with Crippen LogP contribution in [0, 0.1) is 0 Å². The maximum Gasteiger partial charge on any atom is 0.0544 e. The second kappa shape index (κ2) is 7.69. The molecule has 1 nitrogen and oxygen atoms in total. The number of fused-ring (bicyclic) bond motifs is 8. The number of nitrogens with one attached hydrogen (secondary N) is 1. The number of aromatic nitrogens is 1. The Bertz CT molecular complexity index is 2250. The Morgan fingerprint density at radius 3 is 1.85 bits per heavy atom. The number of para-hydroxylation sites is 1. The van der Waals surface area contributed by atoms with Crippen LogP contribution in [0.3, 0.4) is 0 Å². The number of benzene rings is 7. The molecule has 0 amide bonds. The van der Waals surface area contributed by atoms with Crippen LogP contribution in [-0.2, 0) is 0 Å². The van der Waals surface area contributed by atoms with Crippen LogP contribution >= 0.6 is 0 Å². The third kappa shape index (κ3) is 2.85. The summed E-state index contributed by atoms with van der Waals surface area (Å²) in [5.41, 5.74) is 12.7. The summed E-state index contributed by atoms with van der Waals surface area (Å²) < 4.78 is 0. The van der Waals surface area contributed by atoms with Crippen LogP contribution in [0.4, 0.5) is 0 Å². The van der Waals surface area contributed by atoms with Crippen LogP contribution in [0.1, 0.15) is 0 Å². The van der Waals surface area contributed by atoms with E-state index < -0.39 is 0 Å². The normalized spacial score (nSPS) is 12.1. The van der Waals surface area contributed by atoms with Crippen LogP contribution in [0.5, 0.6) is 0 Å². The zero-order chi connectivity index (χ0) is 25.5. The fraction of sp³-hybridized carbons (Fsp3) is 0. The molecule has 1 aliphatic carbocycles. The Morgan fingerprint density at radius 1 is 0.359 bits per heavy atom. The van der Waals surface area contributed by atoms with Crippen molar-refractivity contribution in [3.05, 3.63) is 133 Å². The molecule has 0 spiro atoms. The lowest BCUT2D eigenvalue weighted by atomic mass is 9.92. The number of aromatic amines is 1. The van der Waals surface area contributed by atoms with Crippen molar-refractivity contribution in [2.24, 2.45) is 0 Å². The first-order valence-electron chi connectivity index (χ1n) is 13.5. The minimum Gasteiger partial charge on any atom is -0.354 e. The van der Waals surface area contributed by atoms with Gasteiger partial charge < -0.3 is 4.98 Å². The molecule has 1 heterocycles. The molecular weight excluding hydrogens is 470 g/mol. The second-order valence-electron chi connectivity index (χ2n) is 10.6. The third-order valence-electron chi connectivity index (χ3n) is 8.56. The Hall–Kier alpha value is -5.14. The summed E-state index contributed by atoms with van der Waals surface area (Å²) in [6.45, 7) is 0. The number of hydrogen-bond acceptors (Lipinski definition) is 0. The summed E-state index contributed by atoms with van der Waals surface area (Å²) in [6.07, 6.45) is 0. The minimum atomic E-state index is 1.18. The van der Waals surface area contributed by atoms with E-state index in [0.717, 1.165) is 0 Å². The van der Waals surface area contributed by atoms with Crippen molar-refractivity contribution in [3.8, 4) is 44.5 Å². The van der Waals surface area contributed by atoms with E-state index in [0.29, 0.717) is 0 Å². The molecule has 0 atom stereocenters. The SMILES string of the molecule is c1cc(-c2ccc3c4c(cccc24)-c2ccccc2-3)cc(-c2cccc3c2[nH]c2ccc4ccccc4c23)c1. The van der Waals surface area contributed by atoms with Gasteiger partial charge in [0.25, 0.3) is 0 Å². The van der Waals surface area contributed by atoms with Crippen molar-refractivity contribution in [2.75, 3.05) is 0 Å². The Morgan fingerprint density at radius 2 is 0.974 bits per heavy atom. The van der Waals surface area contributed by atoms with E-state index in [1.807, 2.05) is 0 Å². The molecule has 39 heavy (non-hydrogen) atoms. The minimum absolute atomic E-state index is 1.18. The van der Waals surface area contributed by atoms with Gasteiger partial charge in [0, 0.05) is 21.9 Å². The highest BCUT2D eigenvalue weighted by atomic mass is 14.7. The summed E-state index contributed by atoms with van der Waals surface area (Å²) >= 11 is 0. The largest absolute Gasteiger partial charge is 0.354 e. The smallest absolute Gasteiger partial charge is 0.0544 e. The van der Waals surface area contributed by atoms with E-state index in [-0.39, 0.29) is 0 Å². The highest BCUT2D eigenvalue weighted by Gasteiger charge is 2.22. The molecule has 0 aliphatic heterocycles. The molecule has 1 aromatic heterocycles. The van der Waals surface area contributed by atoms with Crippen LogP contribution < -0.4 is 0 Å². The van der Waals surface area contributed by atoms with E-state index >= 15 is 0 Å². The molecule has 8 aromatic rings. The zero-order valence-corrected chi connectivity index (χ0v) is 21.2. The van der Waals surface area contributed by atoms with Crippen LogP contribution in [0.2, 0.25) is 0 Å². The molecule has 0 radical (unpaired) electrons. The molecule has 1 heteroatoms. The Labute approximate surface area is 226 Å². The fourth-order valence-electron chi connectivity index (χ4n) is 6.85. The van der Waals surface area contributed by atoms with Crippen molar-refractivity contribution in [1.82, 2.24) is 4.98 Å². The number of rotatable bonds is 2. The van der Waals surface area contributed by atoms with Gasteiger partial charge in [-0.05, 0) is 72.6 Å². The summed E-state index contributed by atoms with van der Waals surface area (Å²) in [7, 11) is 0. The summed E-state index contributed by atoms with van der Waals surface area (Å²) in [4.78, 5) is 3.76. The standard InChI is InChI=1S/C38H23N/c1-2-11-27-23(8-1)18-21-35-37(27)34-17-6-14-28(38(34)39-35)25-10-5-9-24(22-25)26-19-20-33-30-13-4-3-12-29(30)32-16-7-15-31(26)36(32)33/h1-22,39H. The van der Waals surface area contributed by atoms with Crippen LogP contribution in [-0.4, -0.2) is 4.98 Å². The summed E-state index contributed by atoms with van der Waals surface area (Å²) in [5, 5.41) is 7.81. The van der Waals surface area contributed by atoms with Gasteiger partial charge in [-0.1, -0.05) is 121 Å². The monoisotopic (exact) mass is 493 g/mol. The Kier molecular flexibility index (Phi) is 4.11. The molecule has 7 aromatic carbocycles. The molecule has 0 saturated heterocycles. The van der Waals surface area contributed by atoms with E-state index in [1.54, 1.807) is 0 Å². The van der Waals surface area contributed by atoms with Crippen LogP contribution in [0.15, 0.2) is 133 Å². The molecule has 1 N–H and O–H groups in total. The molecule has 0 bridgehead atoms. The maximum absolute atomic E-state index is 3.76. The predicted molar refractivity (Wildman–Crippen MR) is 166 cm³/mol. The van der Waals surface area contributed by atoms with Gasteiger partial charge in [0.05, 0.1) is 5.52 Å². The second-order valence-corrected chi connectivity index (χ2v) is 10.6. The summed E-state index contributed by atoms with van der Waals surface area (Å²) in [5.74, 6) is 0. The average Bonchev–Trinajstić information content (AvgIpc) is 3.55. The van der Waals surface area contributed by atoms with Crippen molar-refractivity contribution in [1.29, 1.82) is 0 Å².